The van der Waals surface area contributed by atoms with Gasteiger partial charge < -0.3 is 25.4 Å². The van der Waals surface area contributed by atoms with Crippen LogP contribution in [0.15, 0.2) is 71.1 Å². The standard InChI is InChI=1S/C36H40ClN11OS/c1-45(2)35(49)27-18-23-19-42-36(44-34(23)48(27)24-8-4-5-9-24)43-33-31(37)28(11-12-39-33)50-30-21-40-29(20-41-30)47-15-13-46(14-16-47)26-17-22-7-3-6-10-25(22)32(26)38/h3,6-7,10-12,18-21,24,26,32H,4-5,8-9,13-17,38H2,1-2H3,(H,39,42,43,44)/t26-,32+/m0/s1. The number of nitrogens with zero attached hydrogens (tertiary/aromatic N) is 9. The van der Waals surface area contributed by atoms with Crippen LogP contribution in [0.5, 0.6) is 0 Å². The van der Waals surface area contributed by atoms with Gasteiger partial charge in [0.25, 0.3) is 5.91 Å². The van der Waals surface area contributed by atoms with Crippen molar-refractivity contribution in [1.82, 2.24) is 39.3 Å². The van der Waals surface area contributed by atoms with Crippen molar-refractivity contribution in [2.45, 2.75) is 60.2 Å². The molecule has 5 heterocycles. The van der Waals surface area contributed by atoms with Crippen molar-refractivity contribution in [3.05, 3.63) is 83.0 Å². The number of anilines is 3. The Bertz CT molecular complexity index is 2020. The molecule has 1 saturated carbocycles. The van der Waals surface area contributed by atoms with Gasteiger partial charge in [0.2, 0.25) is 5.95 Å². The van der Waals surface area contributed by atoms with Gasteiger partial charge in [-0.25, -0.2) is 19.9 Å². The first kappa shape index (κ1) is 32.9. The van der Waals surface area contributed by atoms with E-state index in [1.54, 1.807) is 37.6 Å². The van der Waals surface area contributed by atoms with Crippen molar-refractivity contribution >= 4 is 57.9 Å². The Labute approximate surface area is 300 Å². The van der Waals surface area contributed by atoms with E-state index in [0.29, 0.717) is 28.5 Å². The number of carbonyl (C=O) groups is 1. The summed E-state index contributed by atoms with van der Waals surface area (Å²) in [4.78, 5) is 43.6. The number of nitrogens with two attached hydrogens (primary N) is 1. The Morgan fingerprint density at radius 3 is 2.54 bits per heavy atom. The monoisotopic (exact) mass is 709 g/mol. The van der Waals surface area contributed by atoms with Crippen LogP contribution in [-0.4, -0.2) is 91.5 Å². The summed E-state index contributed by atoms with van der Waals surface area (Å²) in [5.74, 6) is 1.61. The van der Waals surface area contributed by atoms with E-state index >= 15 is 0 Å². The number of pyridine rings is 1. The average molecular weight is 710 g/mol. The summed E-state index contributed by atoms with van der Waals surface area (Å²) in [7, 11) is 3.54. The van der Waals surface area contributed by atoms with Crippen LogP contribution >= 0.6 is 23.4 Å². The van der Waals surface area contributed by atoms with E-state index in [1.807, 2.05) is 18.3 Å². The fourth-order valence-electron chi connectivity index (χ4n) is 7.57. The number of fused-ring (bicyclic) bond motifs is 2. The Kier molecular flexibility index (Phi) is 9.06. The normalized spacial score (nSPS) is 19.6. The molecular weight excluding hydrogens is 670 g/mol. The van der Waals surface area contributed by atoms with Crippen molar-refractivity contribution in [2.24, 2.45) is 5.73 Å². The van der Waals surface area contributed by atoms with Gasteiger partial charge in [0.15, 0.2) is 5.82 Å². The second kappa shape index (κ2) is 13.8. The fourth-order valence-corrected chi connectivity index (χ4v) is 8.60. The smallest absolute Gasteiger partial charge is 0.270 e. The Morgan fingerprint density at radius 1 is 1.00 bits per heavy atom. The lowest BCUT2D eigenvalue weighted by molar-refractivity contribution is 0.0815. The molecule has 0 bridgehead atoms. The maximum absolute atomic E-state index is 13.1. The Hall–Kier alpha value is -4.30. The third-order valence-electron chi connectivity index (χ3n) is 10.2. The van der Waals surface area contributed by atoms with Crippen molar-refractivity contribution in [3.63, 3.8) is 0 Å². The molecule has 8 rings (SSSR count). The minimum atomic E-state index is -0.0475. The zero-order valence-electron chi connectivity index (χ0n) is 28.2. The topological polar surface area (TPSA) is 134 Å². The number of halogens is 1. The molecule has 5 aromatic rings. The molecule has 1 aliphatic heterocycles. The number of benzene rings is 1. The second-order valence-corrected chi connectivity index (χ2v) is 14.9. The molecule has 258 valence electrons. The first-order chi connectivity index (χ1) is 24.3. The van der Waals surface area contributed by atoms with Gasteiger partial charge >= 0.3 is 0 Å². The zero-order chi connectivity index (χ0) is 34.4. The van der Waals surface area contributed by atoms with Gasteiger partial charge in [0.1, 0.15) is 22.2 Å². The van der Waals surface area contributed by atoms with E-state index in [1.165, 1.54) is 22.9 Å². The van der Waals surface area contributed by atoms with Gasteiger partial charge in [0, 0.05) is 81.1 Å². The molecule has 0 unspecified atom stereocenters. The summed E-state index contributed by atoms with van der Waals surface area (Å²) in [6, 6.07) is 12.9. The van der Waals surface area contributed by atoms with Gasteiger partial charge in [-0.2, -0.15) is 4.98 Å². The lowest BCUT2D eigenvalue weighted by atomic mass is 10.1. The van der Waals surface area contributed by atoms with Crippen LogP contribution in [0.25, 0.3) is 11.0 Å². The van der Waals surface area contributed by atoms with E-state index in [9.17, 15) is 4.79 Å². The minimum Gasteiger partial charge on any atom is -0.353 e. The molecule has 2 atom stereocenters. The highest BCUT2D eigenvalue weighted by Crippen LogP contribution is 2.38. The van der Waals surface area contributed by atoms with Crippen LogP contribution in [0.2, 0.25) is 5.02 Å². The fraction of sp³-hybridized carbons (Fsp3) is 0.389. The number of nitrogens with one attached hydrogen (secondary N) is 1. The predicted octanol–water partition coefficient (Wildman–Crippen LogP) is 5.73. The summed E-state index contributed by atoms with van der Waals surface area (Å²) < 4.78 is 2.09. The summed E-state index contributed by atoms with van der Waals surface area (Å²) in [5.41, 5.74) is 10.7. The number of hydrogen-bond acceptors (Lipinski definition) is 11. The molecule has 12 nitrogen and oxygen atoms in total. The third-order valence-corrected chi connectivity index (χ3v) is 11.6. The van der Waals surface area contributed by atoms with Crippen LogP contribution in [-0.2, 0) is 6.42 Å². The number of piperazine rings is 1. The third kappa shape index (κ3) is 6.27. The summed E-state index contributed by atoms with van der Waals surface area (Å²) >= 11 is 8.30. The van der Waals surface area contributed by atoms with Gasteiger partial charge in [0.05, 0.1) is 17.4 Å². The first-order valence-corrected chi connectivity index (χ1v) is 18.4. The molecule has 50 heavy (non-hydrogen) atoms. The highest BCUT2D eigenvalue weighted by Gasteiger charge is 2.35. The summed E-state index contributed by atoms with van der Waals surface area (Å²) in [6.07, 6.45) is 12.4. The van der Waals surface area contributed by atoms with Crippen LogP contribution < -0.4 is 16.0 Å². The average Bonchev–Trinajstić information content (AvgIpc) is 3.88. The molecule has 2 aliphatic carbocycles. The minimum absolute atomic E-state index is 0.0475. The molecule has 0 spiro atoms. The Morgan fingerprint density at radius 2 is 1.80 bits per heavy atom. The van der Waals surface area contributed by atoms with Gasteiger partial charge in [-0.05, 0) is 42.5 Å². The van der Waals surface area contributed by atoms with Crippen LogP contribution in [0.4, 0.5) is 17.6 Å². The van der Waals surface area contributed by atoms with Crippen molar-refractivity contribution in [2.75, 3.05) is 50.5 Å². The number of amides is 1. The van der Waals surface area contributed by atoms with Crippen molar-refractivity contribution < 1.29 is 4.79 Å². The molecular formula is C36H40ClN11OS. The molecule has 14 heteroatoms. The second-order valence-electron chi connectivity index (χ2n) is 13.4. The van der Waals surface area contributed by atoms with Crippen LogP contribution in [0.1, 0.15) is 59.4 Å². The molecule has 1 saturated heterocycles. The summed E-state index contributed by atoms with van der Waals surface area (Å²) in [6.45, 7) is 3.62. The highest BCUT2D eigenvalue weighted by molar-refractivity contribution is 7.99. The lowest BCUT2D eigenvalue weighted by Gasteiger charge is -2.39. The van der Waals surface area contributed by atoms with Gasteiger partial charge in [-0.15, -0.1) is 0 Å². The number of hydrogen-bond donors (Lipinski definition) is 2. The maximum Gasteiger partial charge on any atom is 0.270 e. The molecule has 1 amide bonds. The van der Waals surface area contributed by atoms with Gasteiger partial charge in [-0.3, -0.25) is 9.69 Å². The zero-order valence-corrected chi connectivity index (χ0v) is 29.7. The molecule has 2 fully saturated rings. The van der Waals surface area contributed by atoms with Crippen molar-refractivity contribution in [1.29, 1.82) is 0 Å². The number of rotatable bonds is 8. The lowest BCUT2D eigenvalue weighted by Crippen LogP contribution is -2.52. The van der Waals surface area contributed by atoms with Crippen molar-refractivity contribution in [3.8, 4) is 0 Å². The van der Waals surface area contributed by atoms with E-state index in [0.717, 1.165) is 85.1 Å². The molecule has 3 aliphatic rings. The number of aromatic nitrogens is 6. The predicted molar refractivity (Wildman–Crippen MR) is 196 cm³/mol. The molecule has 1 aromatic carbocycles. The quantitative estimate of drug-likeness (QED) is 0.205. The van der Waals surface area contributed by atoms with E-state index in [4.69, 9.17) is 32.3 Å². The molecule has 4 aromatic heterocycles. The summed E-state index contributed by atoms with van der Waals surface area (Å²) in [5, 5.41) is 5.20. The molecule has 0 radical (unpaired) electrons. The van der Waals surface area contributed by atoms with Crippen LogP contribution in [0, 0.1) is 0 Å². The largest absolute Gasteiger partial charge is 0.353 e. The van der Waals surface area contributed by atoms with Gasteiger partial charge in [-0.1, -0.05) is 60.5 Å². The highest BCUT2D eigenvalue weighted by atomic mass is 35.5. The maximum atomic E-state index is 13.1. The van der Waals surface area contributed by atoms with E-state index in [2.05, 4.69) is 53.9 Å². The Balaban J connectivity index is 0.935. The first-order valence-electron chi connectivity index (χ1n) is 17.2. The van der Waals surface area contributed by atoms with Crippen LogP contribution in [0.3, 0.4) is 0 Å². The van der Waals surface area contributed by atoms with E-state index in [-0.39, 0.29) is 18.0 Å². The number of carbonyl (C=O) groups excluding carboxylic acids is 1. The molecule has 3 N–H and O–H groups in total. The SMILES string of the molecule is CN(C)C(=O)c1cc2cnc(Nc3nccc(Sc4cnc(N5CCN([C@H]6Cc7ccccc7[C@H]6N)CC5)cn4)c3Cl)nc2n1C1CCCC1. The van der Waals surface area contributed by atoms with E-state index < -0.39 is 0 Å².